The summed E-state index contributed by atoms with van der Waals surface area (Å²) in [5.41, 5.74) is -0.741. The topological polar surface area (TPSA) is 94.6 Å². The Morgan fingerprint density at radius 2 is 1.22 bits per heavy atom. The van der Waals surface area contributed by atoms with Crippen LogP contribution < -0.4 is 0 Å². The second-order valence-corrected chi connectivity index (χ2v) is 12.7. The SMILES string of the molecule is C=C(C(=O)OC)[C@@H](c1ccc2ccccc2c1)C(F)(S(=O)(=O)c1ccccc1)S(=O)(=O)c1ccccc1. The summed E-state index contributed by atoms with van der Waals surface area (Å²) in [6, 6.07) is 24.2. The average Bonchev–Trinajstić information content (AvgIpc) is 2.93. The van der Waals surface area contributed by atoms with Crippen molar-refractivity contribution in [1.82, 2.24) is 0 Å². The van der Waals surface area contributed by atoms with Gasteiger partial charge in [-0.25, -0.2) is 26.0 Å². The zero-order chi connectivity index (χ0) is 26.8. The zero-order valence-corrected chi connectivity index (χ0v) is 21.4. The molecule has 4 rings (SSSR count). The van der Waals surface area contributed by atoms with E-state index in [0.29, 0.717) is 5.39 Å². The maximum atomic E-state index is 17.8. The van der Waals surface area contributed by atoms with Gasteiger partial charge in [0.15, 0.2) is 0 Å². The second-order valence-electron chi connectivity index (χ2n) is 8.27. The molecule has 0 radical (unpaired) electrons. The summed E-state index contributed by atoms with van der Waals surface area (Å²) in [4.78, 5) is 11.5. The van der Waals surface area contributed by atoms with Crippen LogP contribution in [0.15, 0.2) is 125 Å². The van der Waals surface area contributed by atoms with E-state index < -0.39 is 51.3 Å². The van der Waals surface area contributed by atoms with E-state index in [1.165, 1.54) is 48.5 Å². The molecular weight excluding hydrogens is 515 g/mol. The van der Waals surface area contributed by atoms with Crippen LogP contribution in [-0.2, 0) is 29.2 Å². The summed E-state index contributed by atoms with van der Waals surface area (Å²) in [6.07, 6.45) is 0. The van der Waals surface area contributed by atoms with Gasteiger partial charge in [0.25, 0.3) is 0 Å². The Balaban J connectivity index is 2.13. The third-order valence-electron chi connectivity index (χ3n) is 6.09. The highest BCUT2D eigenvalue weighted by molar-refractivity contribution is 8.10. The molecule has 0 fully saturated rings. The lowest BCUT2D eigenvalue weighted by Crippen LogP contribution is -2.49. The zero-order valence-electron chi connectivity index (χ0n) is 19.7. The van der Waals surface area contributed by atoms with Crippen LogP contribution >= 0.6 is 0 Å². The summed E-state index contributed by atoms with van der Waals surface area (Å²) in [5.74, 6) is -3.31. The van der Waals surface area contributed by atoms with E-state index in [0.717, 1.165) is 36.8 Å². The molecule has 0 bridgehead atoms. The Hall–Kier alpha value is -3.82. The molecule has 4 aromatic carbocycles. The molecule has 4 aromatic rings. The number of hydrogen-bond acceptors (Lipinski definition) is 6. The van der Waals surface area contributed by atoms with Crippen molar-refractivity contribution >= 4 is 36.4 Å². The van der Waals surface area contributed by atoms with Crippen LogP contribution in [0.25, 0.3) is 10.8 Å². The number of hydrogen-bond donors (Lipinski definition) is 0. The van der Waals surface area contributed by atoms with Crippen LogP contribution in [0.3, 0.4) is 0 Å². The van der Waals surface area contributed by atoms with Crippen LogP contribution in [0.5, 0.6) is 0 Å². The minimum Gasteiger partial charge on any atom is -0.466 e. The normalized spacial score (nSPS) is 13.1. The Bertz CT molecular complexity index is 1610. The fraction of sp³-hybridized carbons (Fsp3) is 0.107. The van der Waals surface area contributed by atoms with E-state index >= 15 is 4.39 Å². The van der Waals surface area contributed by atoms with Crippen molar-refractivity contribution < 1.29 is 30.8 Å². The van der Waals surface area contributed by atoms with E-state index in [-0.39, 0.29) is 5.56 Å². The van der Waals surface area contributed by atoms with Gasteiger partial charge in [-0.1, -0.05) is 85.4 Å². The van der Waals surface area contributed by atoms with Gasteiger partial charge in [0, 0.05) is 5.57 Å². The number of carbonyl (C=O) groups is 1. The maximum absolute atomic E-state index is 17.8. The first-order valence-corrected chi connectivity index (χ1v) is 14.1. The highest BCUT2D eigenvalue weighted by Gasteiger charge is 2.64. The first-order valence-electron chi connectivity index (χ1n) is 11.1. The molecule has 0 aliphatic rings. The summed E-state index contributed by atoms with van der Waals surface area (Å²) in [5, 5.41) is 1.33. The quantitative estimate of drug-likeness (QED) is 0.225. The van der Waals surface area contributed by atoms with Crippen LogP contribution in [-0.4, -0.2) is 34.2 Å². The summed E-state index contributed by atoms with van der Waals surface area (Å²) in [7, 11) is -9.62. The number of rotatable bonds is 8. The Morgan fingerprint density at radius 1 is 0.757 bits per heavy atom. The number of fused-ring (bicyclic) bond motifs is 1. The standard InChI is InChI=1S/C28H23FO6S2/c1-20(27(30)35-2)26(23-18-17-21-11-9-10-12-22(21)19-23)28(29,36(31,32)24-13-5-3-6-14-24)37(33,34)25-15-7-4-8-16-25/h3-19,26H,1H2,2H3/t26-/m0/s1. The fourth-order valence-corrected chi connectivity index (χ4v) is 8.80. The van der Waals surface area contributed by atoms with Gasteiger partial charge in [-0.2, -0.15) is 0 Å². The number of carbonyl (C=O) groups excluding carboxylic acids is 1. The number of benzene rings is 4. The average molecular weight is 539 g/mol. The molecule has 0 aromatic heterocycles. The van der Waals surface area contributed by atoms with Gasteiger partial charge in [-0.3, -0.25) is 0 Å². The van der Waals surface area contributed by atoms with E-state index in [1.54, 1.807) is 30.3 Å². The minimum absolute atomic E-state index is 0.0735. The van der Waals surface area contributed by atoms with Crippen molar-refractivity contribution in [3.8, 4) is 0 Å². The molecule has 0 amide bonds. The predicted molar refractivity (Wildman–Crippen MR) is 139 cm³/mol. The summed E-state index contributed by atoms with van der Waals surface area (Å²) < 4.78 is 74.5. The van der Waals surface area contributed by atoms with E-state index in [9.17, 15) is 21.6 Å². The molecule has 9 heteroatoms. The number of esters is 1. The van der Waals surface area contributed by atoms with Gasteiger partial charge in [0.1, 0.15) is 0 Å². The third-order valence-corrected chi connectivity index (χ3v) is 11.1. The van der Waals surface area contributed by atoms with Crippen molar-refractivity contribution in [2.24, 2.45) is 0 Å². The van der Waals surface area contributed by atoms with Crippen molar-refractivity contribution in [3.63, 3.8) is 0 Å². The smallest absolute Gasteiger partial charge is 0.333 e. The molecule has 0 N–H and O–H groups in total. The third kappa shape index (κ3) is 4.34. The number of halogens is 1. The summed E-state index contributed by atoms with van der Waals surface area (Å²) in [6.45, 7) is 3.62. The highest BCUT2D eigenvalue weighted by Crippen LogP contribution is 2.50. The lowest BCUT2D eigenvalue weighted by Gasteiger charge is -2.34. The monoisotopic (exact) mass is 538 g/mol. The molecule has 6 nitrogen and oxygen atoms in total. The van der Waals surface area contributed by atoms with Crippen LogP contribution in [0, 0.1) is 0 Å². The lowest BCUT2D eigenvalue weighted by molar-refractivity contribution is -0.136. The number of ether oxygens (including phenoxy) is 1. The Morgan fingerprint density at radius 3 is 1.70 bits per heavy atom. The Labute approximate surface area is 214 Å². The maximum Gasteiger partial charge on any atom is 0.333 e. The van der Waals surface area contributed by atoms with Crippen LogP contribution in [0.2, 0.25) is 0 Å². The predicted octanol–water partition coefficient (Wildman–Crippen LogP) is 5.22. The molecular formula is C28H23FO6S2. The van der Waals surface area contributed by atoms with Gasteiger partial charge in [0.05, 0.1) is 22.8 Å². The minimum atomic E-state index is -5.32. The van der Waals surface area contributed by atoms with Crippen molar-refractivity contribution in [1.29, 1.82) is 0 Å². The van der Waals surface area contributed by atoms with Crippen LogP contribution in [0.4, 0.5) is 4.39 Å². The van der Waals surface area contributed by atoms with E-state index in [2.05, 4.69) is 6.58 Å². The highest BCUT2D eigenvalue weighted by atomic mass is 32.3. The molecule has 0 saturated heterocycles. The van der Waals surface area contributed by atoms with Gasteiger partial charge >= 0.3 is 10.3 Å². The van der Waals surface area contributed by atoms with E-state index in [4.69, 9.17) is 4.74 Å². The molecule has 1 atom stereocenters. The molecule has 0 saturated carbocycles. The van der Waals surface area contributed by atoms with Gasteiger partial charge in [-0.05, 0) is 40.6 Å². The molecule has 190 valence electrons. The first-order chi connectivity index (χ1) is 17.6. The number of sulfone groups is 2. The summed E-state index contributed by atoms with van der Waals surface area (Å²) >= 11 is 0. The second kappa shape index (κ2) is 9.91. The van der Waals surface area contributed by atoms with Gasteiger partial charge in [0.2, 0.25) is 19.7 Å². The van der Waals surface area contributed by atoms with Gasteiger partial charge in [-0.15, -0.1) is 0 Å². The molecule has 0 aliphatic carbocycles. The lowest BCUT2D eigenvalue weighted by atomic mass is 9.91. The fourth-order valence-electron chi connectivity index (χ4n) is 4.22. The molecule has 0 unspecified atom stereocenters. The van der Waals surface area contributed by atoms with Crippen molar-refractivity contribution in [2.75, 3.05) is 7.11 Å². The Kier molecular flexibility index (Phi) is 7.03. The molecule has 37 heavy (non-hydrogen) atoms. The largest absolute Gasteiger partial charge is 0.466 e. The molecule has 0 heterocycles. The van der Waals surface area contributed by atoms with E-state index in [1.807, 2.05) is 0 Å². The molecule has 0 aliphatic heterocycles. The van der Waals surface area contributed by atoms with Gasteiger partial charge < -0.3 is 4.74 Å². The first kappa shape index (κ1) is 26.2. The van der Waals surface area contributed by atoms with Crippen LogP contribution in [0.1, 0.15) is 11.5 Å². The molecule has 0 spiro atoms. The number of methoxy groups -OCH3 is 1. The van der Waals surface area contributed by atoms with Crippen molar-refractivity contribution in [2.45, 2.75) is 20.0 Å². The van der Waals surface area contributed by atoms with Crippen molar-refractivity contribution in [3.05, 3.63) is 121 Å². The number of alkyl halides is 1.